The van der Waals surface area contributed by atoms with Crippen LogP contribution in [-0.4, -0.2) is 12.2 Å². The smallest absolute Gasteiger partial charge is 0.124 e. The maximum absolute atomic E-state index is 10.3. The van der Waals surface area contributed by atoms with Gasteiger partial charge in [-0.1, -0.05) is 38.8 Å². The van der Waals surface area contributed by atoms with E-state index in [1.165, 1.54) is 0 Å². The molecule has 2 heteroatoms. The first kappa shape index (κ1) is 14.0. The van der Waals surface area contributed by atoms with Gasteiger partial charge in [0, 0.05) is 5.56 Å². The van der Waals surface area contributed by atoms with Gasteiger partial charge in [0.25, 0.3) is 0 Å². The highest BCUT2D eigenvalue weighted by Crippen LogP contribution is 2.31. The van der Waals surface area contributed by atoms with Gasteiger partial charge in [0.1, 0.15) is 5.75 Å². The van der Waals surface area contributed by atoms with Crippen LogP contribution < -0.4 is 4.74 Å². The molecule has 1 atom stereocenters. The van der Waals surface area contributed by atoms with E-state index in [9.17, 15) is 5.11 Å². The lowest BCUT2D eigenvalue weighted by molar-refractivity contribution is 0.138. The van der Waals surface area contributed by atoms with Crippen molar-refractivity contribution in [2.24, 2.45) is 5.92 Å². The zero-order valence-corrected chi connectivity index (χ0v) is 11.4. The van der Waals surface area contributed by atoms with E-state index in [1.54, 1.807) is 7.11 Å². The van der Waals surface area contributed by atoms with Gasteiger partial charge in [-0.25, -0.2) is 0 Å². The predicted molar refractivity (Wildman–Crippen MR) is 71.4 cm³/mol. The fourth-order valence-corrected chi connectivity index (χ4v) is 2.16. The molecule has 1 aromatic carbocycles. The van der Waals surface area contributed by atoms with E-state index < -0.39 is 6.10 Å². The molecule has 1 unspecified atom stereocenters. The molecule has 2 nitrogen and oxygen atoms in total. The number of aliphatic hydroxyl groups is 1. The molecule has 0 aliphatic rings. The van der Waals surface area contributed by atoms with Crippen LogP contribution in [0.4, 0.5) is 0 Å². The Kier molecular flexibility index (Phi) is 5.49. The van der Waals surface area contributed by atoms with E-state index >= 15 is 0 Å². The van der Waals surface area contributed by atoms with Gasteiger partial charge in [0.05, 0.1) is 13.2 Å². The van der Waals surface area contributed by atoms with Crippen LogP contribution in [0.5, 0.6) is 5.75 Å². The van der Waals surface area contributed by atoms with Crippen LogP contribution in [0.15, 0.2) is 18.2 Å². The first-order valence-corrected chi connectivity index (χ1v) is 6.44. The maximum atomic E-state index is 10.3. The molecule has 0 aliphatic carbocycles. The Hall–Kier alpha value is -1.02. The van der Waals surface area contributed by atoms with Crippen molar-refractivity contribution in [3.63, 3.8) is 0 Å². The van der Waals surface area contributed by atoms with Gasteiger partial charge in [0.15, 0.2) is 0 Å². The molecule has 0 fully saturated rings. The molecule has 0 radical (unpaired) electrons. The minimum Gasteiger partial charge on any atom is -0.496 e. The number of rotatable bonds is 6. The Morgan fingerprint density at radius 2 is 1.88 bits per heavy atom. The number of aryl methyl sites for hydroxylation is 1. The number of benzene rings is 1. The summed E-state index contributed by atoms with van der Waals surface area (Å²) in [5, 5.41) is 10.3. The summed E-state index contributed by atoms with van der Waals surface area (Å²) >= 11 is 0. The molecule has 0 amide bonds. The Morgan fingerprint density at radius 3 is 2.41 bits per heavy atom. The average molecular weight is 236 g/mol. The summed E-state index contributed by atoms with van der Waals surface area (Å²) in [6.07, 6.45) is 2.62. The maximum Gasteiger partial charge on any atom is 0.124 e. The van der Waals surface area contributed by atoms with Gasteiger partial charge in [-0.2, -0.15) is 0 Å². The first-order chi connectivity index (χ1) is 8.12. The first-order valence-electron chi connectivity index (χ1n) is 6.44. The normalized spacial score (nSPS) is 12.8. The second kappa shape index (κ2) is 6.65. The molecule has 17 heavy (non-hydrogen) atoms. The van der Waals surface area contributed by atoms with E-state index in [4.69, 9.17) is 4.74 Å². The third-order valence-corrected chi connectivity index (χ3v) is 3.46. The summed E-state index contributed by atoms with van der Waals surface area (Å²) in [5.41, 5.74) is 2.06. The lowest BCUT2D eigenvalue weighted by Crippen LogP contribution is -2.07. The van der Waals surface area contributed by atoms with Crippen molar-refractivity contribution in [1.82, 2.24) is 0 Å². The van der Waals surface area contributed by atoms with Crippen molar-refractivity contribution in [2.45, 2.75) is 46.1 Å². The molecular formula is C15H24O2. The minimum absolute atomic E-state index is 0.421. The molecule has 1 N–H and O–H groups in total. The highest BCUT2D eigenvalue weighted by Gasteiger charge is 2.17. The summed E-state index contributed by atoms with van der Waals surface area (Å²) in [7, 11) is 1.65. The Bertz CT molecular complexity index is 343. The molecular weight excluding hydrogens is 212 g/mol. The van der Waals surface area contributed by atoms with E-state index in [2.05, 4.69) is 13.8 Å². The molecule has 96 valence electrons. The monoisotopic (exact) mass is 236 g/mol. The van der Waals surface area contributed by atoms with Crippen LogP contribution in [0.3, 0.4) is 0 Å². The van der Waals surface area contributed by atoms with Crippen molar-refractivity contribution >= 4 is 0 Å². The molecule has 1 aromatic rings. The van der Waals surface area contributed by atoms with Gasteiger partial charge >= 0.3 is 0 Å². The number of methoxy groups -OCH3 is 1. The summed E-state index contributed by atoms with van der Waals surface area (Å²) in [6.45, 7) is 6.38. The largest absolute Gasteiger partial charge is 0.496 e. The van der Waals surface area contributed by atoms with Crippen LogP contribution in [-0.2, 0) is 0 Å². The molecule has 0 aromatic heterocycles. The molecule has 0 aliphatic heterocycles. The van der Waals surface area contributed by atoms with Crippen molar-refractivity contribution in [2.75, 3.05) is 7.11 Å². The highest BCUT2D eigenvalue weighted by atomic mass is 16.5. The van der Waals surface area contributed by atoms with Gasteiger partial charge in [-0.3, -0.25) is 0 Å². The third-order valence-electron chi connectivity index (χ3n) is 3.46. The SMILES string of the molecule is CCC(CC)CC(O)c1ccc(C)cc1OC. The summed E-state index contributed by atoms with van der Waals surface area (Å²) < 4.78 is 5.34. The third kappa shape index (κ3) is 3.74. The van der Waals surface area contributed by atoms with E-state index in [0.717, 1.165) is 36.1 Å². The van der Waals surface area contributed by atoms with Gasteiger partial charge in [-0.15, -0.1) is 0 Å². The number of aliphatic hydroxyl groups excluding tert-OH is 1. The van der Waals surface area contributed by atoms with Crippen LogP contribution in [0.1, 0.15) is 50.3 Å². The molecule has 0 bridgehead atoms. The lowest BCUT2D eigenvalue weighted by Gasteiger charge is -2.19. The lowest BCUT2D eigenvalue weighted by atomic mass is 9.92. The second-order valence-electron chi connectivity index (χ2n) is 4.68. The quantitative estimate of drug-likeness (QED) is 0.812. The predicted octanol–water partition coefficient (Wildman–Crippen LogP) is 3.86. The van der Waals surface area contributed by atoms with E-state index in [0.29, 0.717) is 5.92 Å². The van der Waals surface area contributed by atoms with E-state index in [1.807, 2.05) is 25.1 Å². The second-order valence-corrected chi connectivity index (χ2v) is 4.68. The summed E-state index contributed by atoms with van der Waals surface area (Å²) in [5.74, 6) is 1.37. The van der Waals surface area contributed by atoms with Crippen molar-refractivity contribution < 1.29 is 9.84 Å². The molecule has 1 rings (SSSR count). The average Bonchev–Trinajstić information content (AvgIpc) is 2.35. The Labute approximate surface area is 105 Å². The van der Waals surface area contributed by atoms with E-state index in [-0.39, 0.29) is 0 Å². The van der Waals surface area contributed by atoms with Crippen molar-refractivity contribution in [3.8, 4) is 5.75 Å². The van der Waals surface area contributed by atoms with Crippen molar-refractivity contribution in [1.29, 1.82) is 0 Å². The summed E-state index contributed by atoms with van der Waals surface area (Å²) in [6, 6.07) is 5.97. The zero-order valence-electron chi connectivity index (χ0n) is 11.4. The topological polar surface area (TPSA) is 29.5 Å². The number of ether oxygens (including phenoxy) is 1. The highest BCUT2D eigenvalue weighted by molar-refractivity contribution is 5.38. The van der Waals surface area contributed by atoms with Crippen LogP contribution in [0.2, 0.25) is 0 Å². The number of hydrogen-bond donors (Lipinski definition) is 1. The van der Waals surface area contributed by atoms with Gasteiger partial charge in [0.2, 0.25) is 0 Å². The van der Waals surface area contributed by atoms with Gasteiger partial charge in [-0.05, 0) is 30.9 Å². The van der Waals surface area contributed by atoms with Crippen LogP contribution in [0.25, 0.3) is 0 Å². The number of hydrogen-bond acceptors (Lipinski definition) is 2. The fraction of sp³-hybridized carbons (Fsp3) is 0.600. The minimum atomic E-state index is -0.421. The van der Waals surface area contributed by atoms with Crippen molar-refractivity contribution in [3.05, 3.63) is 29.3 Å². The summed E-state index contributed by atoms with van der Waals surface area (Å²) in [4.78, 5) is 0. The molecule has 0 spiro atoms. The van der Waals surface area contributed by atoms with Crippen LogP contribution >= 0.6 is 0 Å². The fourth-order valence-electron chi connectivity index (χ4n) is 2.16. The Balaban J connectivity index is 2.84. The van der Waals surface area contributed by atoms with Gasteiger partial charge < -0.3 is 9.84 Å². The molecule has 0 saturated carbocycles. The Morgan fingerprint density at radius 1 is 1.24 bits per heavy atom. The van der Waals surface area contributed by atoms with Crippen LogP contribution in [0, 0.1) is 12.8 Å². The molecule has 0 saturated heterocycles. The standard InChI is InChI=1S/C15H24O2/c1-5-12(6-2)10-14(16)13-8-7-11(3)9-15(13)17-4/h7-9,12,14,16H,5-6,10H2,1-4H3. The molecule has 0 heterocycles. The zero-order chi connectivity index (χ0) is 12.8.